The molecule has 1 saturated heterocycles. The largest absolute Gasteiger partial charge is 0.368 e. The van der Waals surface area contributed by atoms with Crippen LogP contribution in [0.15, 0.2) is 0 Å². The molecule has 1 heterocycles. The summed E-state index contributed by atoms with van der Waals surface area (Å²) in [7, 11) is 0. The SMILES string of the molecule is NC(=O)C1CC2(CCCCC2)C(=O)N1. The molecule has 1 aliphatic heterocycles. The van der Waals surface area contributed by atoms with Crippen molar-refractivity contribution in [2.45, 2.75) is 44.6 Å². The molecule has 0 bridgehead atoms. The molecule has 78 valence electrons. The highest BCUT2D eigenvalue weighted by molar-refractivity contribution is 5.93. The maximum Gasteiger partial charge on any atom is 0.240 e. The molecule has 1 unspecified atom stereocenters. The summed E-state index contributed by atoms with van der Waals surface area (Å²) in [5, 5.41) is 2.70. The molecule has 0 aromatic rings. The maximum atomic E-state index is 11.7. The van der Waals surface area contributed by atoms with Crippen LogP contribution in [0.2, 0.25) is 0 Å². The third-order valence-electron chi connectivity index (χ3n) is 3.54. The first-order valence-electron chi connectivity index (χ1n) is 5.24. The topological polar surface area (TPSA) is 72.2 Å². The van der Waals surface area contributed by atoms with Gasteiger partial charge >= 0.3 is 0 Å². The zero-order chi connectivity index (χ0) is 10.2. The van der Waals surface area contributed by atoms with Gasteiger partial charge in [0.15, 0.2) is 0 Å². The van der Waals surface area contributed by atoms with Crippen molar-refractivity contribution in [2.24, 2.45) is 11.1 Å². The van der Waals surface area contributed by atoms with Crippen LogP contribution in [0.5, 0.6) is 0 Å². The van der Waals surface area contributed by atoms with Gasteiger partial charge in [0.05, 0.1) is 5.41 Å². The zero-order valence-electron chi connectivity index (χ0n) is 8.21. The van der Waals surface area contributed by atoms with Crippen LogP contribution in [0, 0.1) is 5.41 Å². The molecule has 0 radical (unpaired) electrons. The first-order chi connectivity index (χ1) is 6.64. The Morgan fingerprint density at radius 1 is 1.36 bits per heavy atom. The van der Waals surface area contributed by atoms with Crippen molar-refractivity contribution in [3.05, 3.63) is 0 Å². The van der Waals surface area contributed by atoms with Crippen LogP contribution in [-0.4, -0.2) is 17.9 Å². The van der Waals surface area contributed by atoms with Crippen molar-refractivity contribution in [1.29, 1.82) is 0 Å². The van der Waals surface area contributed by atoms with E-state index in [2.05, 4.69) is 5.32 Å². The lowest BCUT2D eigenvalue weighted by atomic mass is 9.72. The van der Waals surface area contributed by atoms with Gasteiger partial charge in [-0.25, -0.2) is 0 Å². The van der Waals surface area contributed by atoms with E-state index in [0.717, 1.165) is 25.7 Å². The van der Waals surface area contributed by atoms with E-state index in [0.29, 0.717) is 6.42 Å². The number of amides is 2. The molecule has 4 nitrogen and oxygen atoms in total. The molecular weight excluding hydrogens is 180 g/mol. The summed E-state index contributed by atoms with van der Waals surface area (Å²) in [6, 6.07) is -0.430. The fraction of sp³-hybridized carbons (Fsp3) is 0.800. The van der Waals surface area contributed by atoms with Crippen molar-refractivity contribution in [3.63, 3.8) is 0 Å². The highest BCUT2D eigenvalue weighted by Crippen LogP contribution is 2.43. The second kappa shape index (κ2) is 3.26. The maximum absolute atomic E-state index is 11.7. The van der Waals surface area contributed by atoms with E-state index in [4.69, 9.17) is 5.73 Å². The average molecular weight is 196 g/mol. The Kier molecular flexibility index (Phi) is 2.21. The molecule has 3 N–H and O–H groups in total. The lowest BCUT2D eigenvalue weighted by Crippen LogP contribution is -2.38. The van der Waals surface area contributed by atoms with E-state index in [1.165, 1.54) is 6.42 Å². The highest BCUT2D eigenvalue weighted by Gasteiger charge is 2.48. The standard InChI is InChI=1S/C10H16N2O2/c11-8(13)7-6-10(9(14)12-7)4-2-1-3-5-10/h7H,1-6H2,(H2,11,13)(H,12,14). The minimum Gasteiger partial charge on any atom is -0.368 e. The highest BCUT2D eigenvalue weighted by atomic mass is 16.2. The number of carbonyl (C=O) groups is 2. The second-order valence-corrected chi connectivity index (χ2v) is 4.47. The molecule has 1 saturated carbocycles. The predicted octanol–water partition coefficient (Wildman–Crippen LogP) is 0.311. The fourth-order valence-corrected chi connectivity index (χ4v) is 2.68. The molecule has 2 aliphatic rings. The number of nitrogens with one attached hydrogen (secondary N) is 1. The van der Waals surface area contributed by atoms with Crippen molar-refractivity contribution in [1.82, 2.24) is 5.32 Å². The van der Waals surface area contributed by atoms with Gasteiger partial charge in [-0.1, -0.05) is 19.3 Å². The van der Waals surface area contributed by atoms with E-state index in [9.17, 15) is 9.59 Å². The van der Waals surface area contributed by atoms with Gasteiger partial charge in [0.1, 0.15) is 6.04 Å². The average Bonchev–Trinajstić information content (AvgIpc) is 2.46. The van der Waals surface area contributed by atoms with Crippen LogP contribution in [0.3, 0.4) is 0 Å². The van der Waals surface area contributed by atoms with E-state index < -0.39 is 11.9 Å². The number of hydrogen-bond donors (Lipinski definition) is 2. The molecule has 1 spiro atoms. The third kappa shape index (κ3) is 1.38. The van der Waals surface area contributed by atoms with Crippen molar-refractivity contribution < 1.29 is 9.59 Å². The molecule has 1 atom stereocenters. The van der Waals surface area contributed by atoms with Crippen LogP contribution in [0.1, 0.15) is 38.5 Å². The zero-order valence-corrected chi connectivity index (χ0v) is 8.21. The van der Waals surface area contributed by atoms with Crippen molar-refractivity contribution >= 4 is 11.8 Å². The quantitative estimate of drug-likeness (QED) is 0.633. The van der Waals surface area contributed by atoms with Gasteiger partial charge < -0.3 is 11.1 Å². The van der Waals surface area contributed by atoms with Gasteiger partial charge in [-0.15, -0.1) is 0 Å². The minimum absolute atomic E-state index is 0.0426. The van der Waals surface area contributed by atoms with E-state index in [1.54, 1.807) is 0 Å². The summed E-state index contributed by atoms with van der Waals surface area (Å²) in [6.45, 7) is 0. The number of primary amides is 1. The van der Waals surface area contributed by atoms with Crippen LogP contribution in [0.4, 0.5) is 0 Å². The van der Waals surface area contributed by atoms with E-state index in [1.807, 2.05) is 0 Å². The van der Waals surface area contributed by atoms with Gasteiger partial charge in [0.2, 0.25) is 11.8 Å². The Hall–Kier alpha value is -1.06. The summed E-state index contributed by atoms with van der Waals surface area (Å²) >= 11 is 0. The Morgan fingerprint density at radius 2 is 2.00 bits per heavy atom. The van der Waals surface area contributed by atoms with Crippen molar-refractivity contribution in [2.75, 3.05) is 0 Å². The molecule has 2 fully saturated rings. The van der Waals surface area contributed by atoms with Gasteiger partial charge in [-0.2, -0.15) is 0 Å². The lowest BCUT2D eigenvalue weighted by molar-refractivity contribution is -0.129. The Bertz CT molecular complexity index is 269. The first kappa shape index (κ1) is 9.49. The normalized spacial score (nSPS) is 30.3. The molecule has 0 aromatic heterocycles. The van der Waals surface area contributed by atoms with Crippen LogP contribution in [-0.2, 0) is 9.59 Å². The van der Waals surface area contributed by atoms with E-state index in [-0.39, 0.29) is 11.3 Å². The van der Waals surface area contributed by atoms with Gasteiger partial charge in [0.25, 0.3) is 0 Å². The monoisotopic (exact) mass is 196 g/mol. The lowest BCUT2D eigenvalue weighted by Gasteiger charge is -2.30. The number of hydrogen-bond acceptors (Lipinski definition) is 2. The molecule has 1 aliphatic carbocycles. The molecule has 2 amide bonds. The fourth-order valence-electron chi connectivity index (χ4n) is 2.68. The Balaban J connectivity index is 2.13. The van der Waals surface area contributed by atoms with Gasteiger partial charge in [0, 0.05) is 0 Å². The smallest absolute Gasteiger partial charge is 0.240 e. The summed E-state index contributed by atoms with van der Waals surface area (Å²) in [4.78, 5) is 22.7. The summed E-state index contributed by atoms with van der Waals surface area (Å²) < 4.78 is 0. The van der Waals surface area contributed by atoms with Crippen LogP contribution < -0.4 is 11.1 Å². The first-order valence-corrected chi connectivity index (χ1v) is 5.24. The van der Waals surface area contributed by atoms with Gasteiger partial charge in [-0.05, 0) is 19.3 Å². The van der Waals surface area contributed by atoms with Gasteiger partial charge in [-0.3, -0.25) is 9.59 Å². The van der Waals surface area contributed by atoms with Crippen LogP contribution >= 0.6 is 0 Å². The summed E-state index contributed by atoms with van der Waals surface area (Å²) in [5.74, 6) is -0.359. The number of nitrogens with two attached hydrogens (primary N) is 1. The predicted molar refractivity (Wildman–Crippen MR) is 51.3 cm³/mol. The summed E-state index contributed by atoms with van der Waals surface area (Å²) in [5.41, 5.74) is 4.93. The van der Waals surface area contributed by atoms with Crippen LogP contribution in [0.25, 0.3) is 0 Å². The second-order valence-electron chi connectivity index (χ2n) is 4.47. The Labute approximate surface area is 83.2 Å². The number of carbonyl (C=O) groups excluding carboxylic acids is 2. The minimum atomic E-state index is -0.430. The molecular formula is C10H16N2O2. The molecule has 2 rings (SSSR count). The Morgan fingerprint density at radius 3 is 2.50 bits per heavy atom. The molecule has 14 heavy (non-hydrogen) atoms. The van der Waals surface area contributed by atoms with E-state index >= 15 is 0 Å². The molecule has 0 aromatic carbocycles. The number of rotatable bonds is 1. The van der Waals surface area contributed by atoms with Crippen molar-refractivity contribution in [3.8, 4) is 0 Å². The molecule has 4 heteroatoms. The summed E-state index contributed by atoms with van der Waals surface area (Å²) in [6.07, 6.45) is 5.85. The third-order valence-corrected chi connectivity index (χ3v) is 3.54.